The number of amides is 1. The Bertz CT molecular complexity index is 901. The number of nitro groups is 1. The van der Waals surface area contributed by atoms with Crippen LogP contribution in [0.3, 0.4) is 0 Å². The second-order valence-corrected chi connectivity index (χ2v) is 5.78. The van der Waals surface area contributed by atoms with Gasteiger partial charge in [0.05, 0.1) is 17.7 Å². The van der Waals surface area contributed by atoms with Crippen molar-refractivity contribution < 1.29 is 29.1 Å². The lowest BCUT2D eigenvalue weighted by molar-refractivity contribution is -0.384. The molecule has 1 atom stereocenters. The lowest BCUT2D eigenvalue weighted by Gasteiger charge is -2.15. The number of nitro benzene ring substituents is 1. The lowest BCUT2D eigenvalue weighted by Crippen LogP contribution is -2.30. The molecule has 0 saturated carbocycles. The Balaban J connectivity index is 2.14. The number of benzene rings is 2. The Kier molecular flexibility index (Phi) is 6.19. The van der Waals surface area contributed by atoms with Gasteiger partial charge in [-0.2, -0.15) is 0 Å². The zero-order valence-electron chi connectivity index (χ0n) is 14.3. The standard InChI is InChI=1S/C17H15ClN2O7/c1-9(27-17(23)12-7-10(18)3-5-14(12)21)16(22)19-13-8-11(20(24)25)4-6-15(13)26-2/h3-9,21H,1-2H3,(H,19,22)/t9-/m1/s1. The van der Waals surface area contributed by atoms with Crippen molar-refractivity contribution in [3.63, 3.8) is 0 Å². The number of phenols is 1. The molecule has 0 spiro atoms. The van der Waals surface area contributed by atoms with E-state index >= 15 is 0 Å². The van der Waals surface area contributed by atoms with Crippen LogP contribution in [0.1, 0.15) is 17.3 Å². The van der Waals surface area contributed by atoms with E-state index in [0.717, 1.165) is 6.07 Å². The van der Waals surface area contributed by atoms with E-state index < -0.39 is 22.9 Å². The monoisotopic (exact) mass is 394 g/mol. The largest absolute Gasteiger partial charge is 0.507 e. The summed E-state index contributed by atoms with van der Waals surface area (Å²) in [4.78, 5) is 34.7. The molecule has 0 aliphatic rings. The van der Waals surface area contributed by atoms with Gasteiger partial charge in [-0.15, -0.1) is 0 Å². The van der Waals surface area contributed by atoms with Crippen molar-refractivity contribution >= 4 is 34.9 Å². The Morgan fingerprint density at radius 2 is 1.96 bits per heavy atom. The van der Waals surface area contributed by atoms with Crippen LogP contribution in [0.25, 0.3) is 0 Å². The molecule has 0 aliphatic heterocycles. The third-order valence-electron chi connectivity index (χ3n) is 3.48. The van der Waals surface area contributed by atoms with E-state index in [-0.39, 0.29) is 33.5 Å². The van der Waals surface area contributed by atoms with Crippen LogP contribution in [0.4, 0.5) is 11.4 Å². The fourth-order valence-corrected chi connectivity index (χ4v) is 2.26. The summed E-state index contributed by atoms with van der Waals surface area (Å²) in [6.45, 7) is 1.30. The summed E-state index contributed by atoms with van der Waals surface area (Å²) in [5, 5.41) is 23.2. The summed E-state index contributed by atoms with van der Waals surface area (Å²) in [5.41, 5.74) is -0.403. The molecule has 0 radical (unpaired) electrons. The Morgan fingerprint density at radius 1 is 1.26 bits per heavy atom. The minimum absolute atomic E-state index is 0.0465. The van der Waals surface area contributed by atoms with Crippen LogP contribution in [-0.2, 0) is 9.53 Å². The number of nitrogens with one attached hydrogen (secondary N) is 1. The number of carbonyl (C=O) groups is 2. The van der Waals surface area contributed by atoms with Gasteiger partial charge < -0.3 is 19.9 Å². The maximum Gasteiger partial charge on any atom is 0.342 e. The van der Waals surface area contributed by atoms with Crippen LogP contribution in [0.2, 0.25) is 5.02 Å². The molecule has 2 rings (SSSR count). The van der Waals surface area contributed by atoms with Crippen molar-refractivity contribution in [2.24, 2.45) is 0 Å². The molecule has 0 unspecified atom stereocenters. The van der Waals surface area contributed by atoms with Crippen molar-refractivity contribution in [1.82, 2.24) is 0 Å². The highest BCUT2D eigenvalue weighted by Crippen LogP contribution is 2.29. The predicted molar refractivity (Wildman–Crippen MR) is 96.3 cm³/mol. The first-order chi connectivity index (χ1) is 12.7. The van der Waals surface area contributed by atoms with E-state index in [1.807, 2.05) is 0 Å². The molecule has 0 saturated heterocycles. The number of aromatic hydroxyl groups is 1. The number of nitrogens with zero attached hydrogens (tertiary/aromatic N) is 1. The first kappa shape index (κ1) is 20.0. The van der Waals surface area contributed by atoms with Crippen molar-refractivity contribution in [1.29, 1.82) is 0 Å². The number of non-ortho nitro benzene ring substituents is 1. The van der Waals surface area contributed by atoms with E-state index in [1.165, 1.54) is 44.4 Å². The van der Waals surface area contributed by atoms with Crippen LogP contribution < -0.4 is 10.1 Å². The van der Waals surface area contributed by atoms with E-state index in [4.69, 9.17) is 21.1 Å². The minimum atomic E-state index is -1.26. The smallest absolute Gasteiger partial charge is 0.342 e. The number of rotatable bonds is 6. The second-order valence-electron chi connectivity index (χ2n) is 5.34. The molecular weight excluding hydrogens is 380 g/mol. The summed E-state index contributed by atoms with van der Waals surface area (Å²) >= 11 is 5.77. The van der Waals surface area contributed by atoms with Crippen LogP contribution in [-0.4, -0.2) is 35.1 Å². The Labute approximate surface area is 158 Å². The summed E-state index contributed by atoms with van der Waals surface area (Å²) in [7, 11) is 1.34. The normalized spacial score (nSPS) is 11.4. The van der Waals surface area contributed by atoms with E-state index in [0.29, 0.717) is 0 Å². The van der Waals surface area contributed by atoms with Gasteiger partial charge in [-0.25, -0.2) is 4.79 Å². The first-order valence-corrected chi connectivity index (χ1v) is 7.93. The zero-order chi connectivity index (χ0) is 20.1. The number of hydrogen-bond donors (Lipinski definition) is 2. The maximum absolute atomic E-state index is 12.3. The zero-order valence-corrected chi connectivity index (χ0v) is 15.0. The summed E-state index contributed by atoms with van der Waals surface area (Å²) in [5.74, 6) is -1.86. The first-order valence-electron chi connectivity index (χ1n) is 7.55. The highest BCUT2D eigenvalue weighted by molar-refractivity contribution is 6.31. The Hall–Kier alpha value is -3.33. The van der Waals surface area contributed by atoms with E-state index in [1.54, 1.807) is 0 Å². The van der Waals surface area contributed by atoms with Gasteiger partial charge in [-0.1, -0.05) is 11.6 Å². The highest BCUT2D eigenvalue weighted by Gasteiger charge is 2.23. The molecule has 0 aromatic heterocycles. The number of esters is 1. The molecule has 2 aromatic rings. The topological polar surface area (TPSA) is 128 Å². The molecule has 27 heavy (non-hydrogen) atoms. The lowest BCUT2D eigenvalue weighted by atomic mass is 10.2. The van der Waals surface area contributed by atoms with E-state index in [9.17, 15) is 24.8 Å². The van der Waals surface area contributed by atoms with Gasteiger partial charge in [0.1, 0.15) is 17.1 Å². The molecule has 0 fully saturated rings. The number of ether oxygens (including phenoxy) is 2. The van der Waals surface area contributed by atoms with Crippen molar-refractivity contribution in [2.75, 3.05) is 12.4 Å². The number of hydrogen-bond acceptors (Lipinski definition) is 7. The summed E-state index contributed by atoms with van der Waals surface area (Å²) in [6.07, 6.45) is -1.26. The van der Waals surface area contributed by atoms with Gasteiger partial charge in [-0.3, -0.25) is 14.9 Å². The SMILES string of the molecule is COc1ccc([N+](=O)[O-])cc1NC(=O)[C@@H](C)OC(=O)c1cc(Cl)ccc1O. The van der Waals surface area contributed by atoms with Crippen LogP contribution >= 0.6 is 11.6 Å². The molecule has 1 amide bonds. The molecule has 2 N–H and O–H groups in total. The quantitative estimate of drug-likeness (QED) is 0.437. The van der Waals surface area contributed by atoms with Crippen LogP contribution in [0.15, 0.2) is 36.4 Å². The van der Waals surface area contributed by atoms with Gasteiger partial charge in [0.25, 0.3) is 11.6 Å². The van der Waals surface area contributed by atoms with Gasteiger partial charge >= 0.3 is 5.97 Å². The fraction of sp³-hybridized carbons (Fsp3) is 0.176. The fourth-order valence-electron chi connectivity index (χ4n) is 2.09. The number of anilines is 1. The number of carbonyl (C=O) groups excluding carboxylic acids is 2. The molecule has 0 aliphatic carbocycles. The average molecular weight is 395 g/mol. The van der Waals surface area contributed by atoms with Gasteiger partial charge in [0, 0.05) is 17.2 Å². The average Bonchev–Trinajstić information content (AvgIpc) is 2.63. The summed E-state index contributed by atoms with van der Waals surface area (Å²) in [6, 6.07) is 7.48. The second kappa shape index (κ2) is 8.37. The van der Waals surface area contributed by atoms with Gasteiger partial charge in [-0.05, 0) is 31.2 Å². The van der Waals surface area contributed by atoms with Crippen molar-refractivity contribution in [3.05, 3.63) is 57.1 Å². The summed E-state index contributed by atoms with van der Waals surface area (Å²) < 4.78 is 10.1. The van der Waals surface area contributed by atoms with Crippen LogP contribution in [0, 0.1) is 10.1 Å². The molecule has 10 heteroatoms. The molecule has 9 nitrogen and oxygen atoms in total. The van der Waals surface area contributed by atoms with Gasteiger partial charge in [0.15, 0.2) is 6.10 Å². The molecule has 2 aromatic carbocycles. The third-order valence-corrected chi connectivity index (χ3v) is 3.72. The molecule has 142 valence electrons. The minimum Gasteiger partial charge on any atom is -0.507 e. The number of halogens is 1. The van der Waals surface area contributed by atoms with Crippen molar-refractivity contribution in [3.8, 4) is 11.5 Å². The maximum atomic E-state index is 12.3. The third kappa shape index (κ3) is 4.85. The molecular formula is C17H15ClN2O7. The molecule has 0 bridgehead atoms. The van der Waals surface area contributed by atoms with Crippen LogP contribution in [0.5, 0.6) is 11.5 Å². The number of methoxy groups -OCH3 is 1. The van der Waals surface area contributed by atoms with E-state index in [2.05, 4.69) is 5.32 Å². The van der Waals surface area contributed by atoms with Crippen molar-refractivity contribution in [2.45, 2.75) is 13.0 Å². The number of phenolic OH excluding ortho intramolecular Hbond substituents is 1. The highest BCUT2D eigenvalue weighted by atomic mass is 35.5. The molecule has 0 heterocycles. The Morgan fingerprint density at radius 3 is 2.59 bits per heavy atom. The predicted octanol–water partition coefficient (Wildman–Crippen LogP) is 3.15. The van der Waals surface area contributed by atoms with Gasteiger partial charge in [0.2, 0.25) is 0 Å².